The van der Waals surface area contributed by atoms with Gasteiger partial charge in [0.2, 0.25) is 0 Å². The topological polar surface area (TPSA) is 34.1 Å². The molecular formula is C12H20N2O. The normalized spacial score (nSPS) is 12.5. The summed E-state index contributed by atoms with van der Waals surface area (Å²) in [6, 6.07) is 4.03. The maximum Gasteiger partial charge on any atom is 0.0642 e. The van der Waals surface area contributed by atoms with E-state index < -0.39 is 0 Å². The molecule has 0 fully saturated rings. The molecule has 3 heteroatoms. The second-order valence-corrected chi connectivity index (χ2v) is 3.70. The summed E-state index contributed by atoms with van der Waals surface area (Å²) >= 11 is 0. The molecular weight excluding hydrogens is 188 g/mol. The monoisotopic (exact) mass is 208 g/mol. The largest absolute Gasteiger partial charge is 0.381 e. The molecule has 1 heterocycles. The second-order valence-electron chi connectivity index (χ2n) is 3.70. The lowest BCUT2D eigenvalue weighted by Gasteiger charge is -2.11. The van der Waals surface area contributed by atoms with Gasteiger partial charge in [0.1, 0.15) is 0 Å². The number of ether oxygens (including phenoxy) is 1. The Kier molecular flexibility index (Phi) is 5.12. The van der Waals surface area contributed by atoms with Gasteiger partial charge in [-0.15, -0.1) is 0 Å². The minimum atomic E-state index is 0.350. The summed E-state index contributed by atoms with van der Waals surface area (Å²) in [6.07, 6.45) is 3.26. The van der Waals surface area contributed by atoms with Gasteiger partial charge in [-0.05, 0) is 32.4 Å². The number of hydrogen-bond acceptors (Lipinski definition) is 3. The molecule has 1 unspecified atom stereocenters. The quantitative estimate of drug-likeness (QED) is 0.730. The fraction of sp³-hybridized carbons (Fsp3) is 0.583. The van der Waals surface area contributed by atoms with Crippen LogP contribution >= 0.6 is 0 Å². The van der Waals surface area contributed by atoms with Crippen LogP contribution in [0.15, 0.2) is 18.3 Å². The molecule has 0 aliphatic carbocycles. The molecule has 1 N–H and O–H groups in total. The molecule has 1 atom stereocenters. The van der Waals surface area contributed by atoms with E-state index in [1.54, 1.807) is 0 Å². The number of nitrogens with zero attached hydrogens (tertiary/aromatic N) is 1. The van der Waals surface area contributed by atoms with Crippen molar-refractivity contribution in [3.63, 3.8) is 0 Å². The number of nitrogens with one attached hydrogen (secondary N) is 1. The van der Waals surface area contributed by atoms with Crippen LogP contribution in [0.5, 0.6) is 0 Å². The molecule has 84 valence electrons. The van der Waals surface area contributed by atoms with E-state index in [9.17, 15) is 0 Å². The molecule has 1 rings (SSSR count). The van der Waals surface area contributed by atoms with E-state index >= 15 is 0 Å². The van der Waals surface area contributed by atoms with Crippen LogP contribution in [-0.2, 0) is 4.74 Å². The summed E-state index contributed by atoms with van der Waals surface area (Å²) in [5.41, 5.74) is 2.09. The number of aryl methyl sites for hydroxylation is 1. The van der Waals surface area contributed by atoms with Crippen LogP contribution in [0.2, 0.25) is 0 Å². The van der Waals surface area contributed by atoms with Gasteiger partial charge in [-0.25, -0.2) is 0 Å². The predicted octanol–water partition coefficient (Wildman–Crippen LogP) is 2.62. The van der Waals surface area contributed by atoms with Crippen LogP contribution in [0.3, 0.4) is 0 Å². The lowest BCUT2D eigenvalue weighted by molar-refractivity contribution is 0.0713. The van der Waals surface area contributed by atoms with Gasteiger partial charge in [0.15, 0.2) is 0 Å². The molecule has 1 aromatic heterocycles. The molecule has 0 aliphatic heterocycles. The highest BCUT2D eigenvalue weighted by molar-refractivity contribution is 5.40. The highest BCUT2D eigenvalue weighted by Gasteiger charge is 1.97. The van der Waals surface area contributed by atoms with E-state index in [0.717, 1.165) is 31.0 Å². The van der Waals surface area contributed by atoms with Crippen LogP contribution < -0.4 is 5.32 Å². The van der Waals surface area contributed by atoms with E-state index in [-0.39, 0.29) is 0 Å². The van der Waals surface area contributed by atoms with Crippen molar-refractivity contribution in [3.8, 4) is 0 Å². The van der Waals surface area contributed by atoms with Gasteiger partial charge in [-0.1, -0.05) is 6.92 Å². The molecule has 3 nitrogen and oxygen atoms in total. The van der Waals surface area contributed by atoms with Gasteiger partial charge in [-0.3, -0.25) is 4.98 Å². The third-order valence-electron chi connectivity index (χ3n) is 2.32. The summed E-state index contributed by atoms with van der Waals surface area (Å²) < 4.78 is 5.55. The molecule has 0 saturated carbocycles. The summed E-state index contributed by atoms with van der Waals surface area (Å²) in [5.74, 6) is 0. The number of aromatic nitrogens is 1. The first kappa shape index (κ1) is 12.0. The Balaban J connectivity index is 2.17. The molecule has 0 spiro atoms. The Bertz CT molecular complexity index is 271. The van der Waals surface area contributed by atoms with Gasteiger partial charge < -0.3 is 10.1 Å². The van der Waals surface area contributed by atoms with Gasteiger partial charge >= 0.3 is 0 Å². The standard InChI is InChI=1S/C12H20N2O/c1-4-11(3)15-8-7-13-12-6-5-10(2)14-9-12/h5-6,9,11,13H,4,7-8H2,1-3H3. The zero-order valence-electron chi connectivity index (χ0n) is 9.79. The van der Waals surface area contributed by atoms with E-state index in [4.69, 9.17) is 4.74 Å². The zero-order chi connectivity index (χ0) is 11.1. The highest BCUT2D eigenvalue weighted by atomic mass is 16.5. The van der Waals surface area contributed by atoms with Crippen LogP contribution in [-0.4, -0.2) is 24.2 Å². The number of rotatable bonds is 6. The van der Waals surface area contributed by atoms with E-state index in [2.05, 4.69) is 24.1 Å². The van der Waals surface area contributed by atoms with Crippen LogP contribution in [0, 0.1) is 6.92 Å². The predicted molar refractivity (Wildman–Crippen MR) is 63.2 cm³/mol. The van der Waals surface area contributed by atoms with Crippen molar-refractivity contribution in [3.05, 3.63) is 24.0 Å². The molecule has 0 aromatic carbocycles. The van der Waals surface area contributed by atoms with Crippen molar-refractivity contribution in [1.82, 2.24) is 4.98 Å². The van der Waals surface area contributed by atoms with Crippen molar-refractivity contribution in [1.29, 1.82) is 0 Å². The van der Waals surface area contributed by atoms with Gasteiger partial charge in [0.25, 0.3) is 0 Å². The lowest BCUT2D eigenvalue weighted by Crippen LogP contribution is -2.14. The summed E-state index contributed by atoms with van der Waals surface area (Å²) in [6.45, 7) is 7.77. The summed E-state index contributed by atoms with van der Waals surface area (Å²) in [4.78, 5) is 4.21. The Labute approximate surface area is 91.9 Å². The Morgan fingerprint density at radius 1 is 1.47 bits per heavy atom. The van der Waals surface area contributed by atoms with E-state index in [0.29, 0.717) is 6.10 Å². The average Bonchev–Trinajstić information content (AvgIpc) is 2.26. The molecule has 0 amide bonds. The molecule has 1 aromatic rings. The second kappa shape index (κ2) is 6.40. The molecule has 0 aliphatic rings. The summed E-state index contributed by atoms with van der Waals surface area (Å²) in [5, 5.41) is 3.26. The first-order valence-corrected chi connectivity index (χ1v) is 5.50. The first-order chi connectivity index (χ1) is 7.22. The van der Waals surface area contributed by atoms with Crippen LogP contribution in [0.4, 0.5) is 5.69 Å². The van der Waals surface area contributed by atoms with Crippen molar-refractivity contribution in [2.24, 2.45) is 0 Å². The third-order valence-corrected chi connectivity index (χ3v) is 2.32. The first-order valence-electron chi connectivity index (χ1n) is 5.50. The van der Waals surface area contributed by atoms with Crippen molar-refractivity contribution in [2.45, 2.75) is 33.3 Å². The minimum absolute atomic E-state index is 0.350. The molecule has 0 bridgehead atoms. The number of hydrogen-bond donors (Lipinski definition) is 1. The van der Waals surface area contributed by atoms with Gasteiger partial charge in [-0.2, -0.15) is 0 Å². The maximum atomic E-state index is 5.55. The van der Waals surface area contributed by atoms with Gasteiger partial charge in [0, 0.05) is 12.2 Å². The number of anilines is 1. The summed E-state index contributed by atoms with van der Waals surface area (Å²) in [7, 11) is 0. The van der Waals surface area contributed by atoms with E-state index in [1.807, 2.05) is 25.3 Å². The minimum Gasteiger partial charge on any atom is -0.381 e. The number of pyridine rings is 1. The van der Waals surface area contributed by atoms with Crippen molar-refractivity contribution in [2.75, 3.05) is 18.5 Å². The smallest absolute Gasteiger partial charge is 0.0642 e. The Morgan fingerprint density at radius 3 is 2.87 bits per heavy atom. The molecule has 0 radical (unpaired) electrons. The van der Waals surface area contributed by atoms with E-state index in [1.165, 1.54) is 0 Å². The van der Waals surface area contributed by atoms with Crippen LogP contribution in [0.1, 0.15) is 26.0 Å². The highest BCUT2D eigenvalue weighted by Crippen LogP contribution is 2.04. The van der Waals surface area contributed by atoms with Crippen molar-refractivity contribution < 1.29 is 4.74 Å². The molecule has 0 saturated heterocycles. The van der Waals surface area contributed by atoms with Crippen LogP contribution in [0.25, 0.3) is 0 Å². The fourth-order valence-corrected chi connectivity index (χ4v) is 1.15. The lowest BCUT2D eigenvalue weighted by atomic mass is 10.3. The maximum absolute atomic E-state index is 5.55. The zero-order valence-corrected chi connectivity index (χ0v) is 9.79. The Hall–Kier alpha value is -1.09. The molecule has 15 heavy (non-hydrogen) atoms. The third kappa shape index (κ3) is 4.79. The SMILES string of the molecule is CCC(C)OCCNc1ccc(C)nc1. The Morgan fingerprint density at radius 2 is 2.27 bits per heavy atom. The van der Waals surface area contributed by atoms with Crippen molar-refractivity contribution >= 4 is 5.69 Å². The fourth-order valence-electron chi connectivity index (χ4n) is 1.15. The average molecular weight is 208 g/mol. The van der Waals surface area contributed by atoms with Gasteiger partial charge in [0.05, 0.1) is 24.6 Å².